The summed E-state index contributed by atoms with van der Waals surface area (Å²) in [5, 5.41) is 4.17. The Labute approximate surface area is 159 Å². The molecule has 0 saturated carbocycles. The molecule has 0 N–H and O–H groups in total. The summed E-state index contributed by atoms with van der Waals surface area (Å²) in [6.07, 6.45) is 1.04. The lowest BCUT2D eigenvalue weighted by Gasteiger charge is -2.34. The third-order valence-electron chi connectivity index (χ3n) is 4.83. The summed E-state index contributed by atoms with van der Waals surface area (Å²) in [5.74, 6) is -0.243. The lowest BCUT2D eigenvalue weighted by molar-refractivity contribution is -0.137. The van der Waals surface area contributed by atoms with E-state index >= 15 is 0 Å². The van der Waals surface area contributed by atoms with Gasteiger partial charge >= 0.3 is 6.18 Å². The Bertz CT molecular complexity index is 975. The van der Waals surface area contributed by atoms with Crippen LogP contribution >= 0.6 is 0 Å². The molecule has 1 aliphatic heterocycles. The molecule has 2 aromatic heterocycles. The van der Waals surface area contributed by atoms with E-state index in [1.54, 1.807) is 15.6 Å². The van der Waals surface area contributed by atoms with Crippen LogP contribution in [-0.2, 0) is 12.7 Å². The number of nitrogens with zero attached hydrogens (tertiary/aromatic N) is 5. The lowest BCUT2D eigenvalue weighted by atomic mass is 10.1. The van der Waals surface area contributed by atoms with Crippen molar-refractivity contribution in [3.63, 3.8) is 0 Å². The molecule has 3 heterocycles. The highest BCUT2D eigenvalue weighted by Gasteiger charge is 2.30. The summed E-state index contributed by atoms with van der Waals surface area (Å²) in [6.45, 7) is 3.12. The first-order valence-electron chi connectivity index (χ1n) is 8.87. The highest BCUT2D eigenvalue weighted by atomic mass is 19.4. The van der Waals surface area contributed by atoms with Gasteiger partial charge in [-0.2, -0.15) is 18.3 Å². The summed E-state index contributed by atoms with van der Waals surface area (Å²) in [4.78, 5) is 20.8. The second kappa shape index (κ2) is 7.23. The molecular weight excluding hydrogens is 371 g/mol. The topological polar surface area (TPSA) is 53.7 Å². The molecule has 6 nitrogen and oxygen atoms in total. The average Bonchev–Trinajstić information content (AvgIpc) is 3.15. The van der Waals surface area contributed by atoms with Gasteiger partial charge in [0.2, 0.25) is 0 Å². The van der Waals surface area contributed by atoms with Crippen molar-refractivity contribution < 1.29 is 18.0 Å². The third-order valence-corrected chi connectivity index (χ3v) is 4.83. The second-order valence-corrected chi connectivity index (χ2v) is 6.74. The van der Waals surface area contributed by atoms with Crippen LogP contribution in [0.1, 0.15) is 21.5 Å². The zero-order valence-corrected chi connectivity index (χ0v) is 14.9. The molecule has 0 atom stereocenters. The monoisotopic (exact) mass is 389 g/mol. The van der Waals surface area contributed by atoms with Gasteiger partial charge in [-0.05, 0) is 24.3 Å². The van der Waals surface area contributed by atoms with Crippen LogP contribution in [0, 0.1) is 0 Å². The summed E-state index contributed by atoms with van der Waals surface area (Å²) in [5.41, 5.74) is 1.33. The van der Waals surface area contributed by atoms with Gasteiger partial charge in [0.05, 0.1) is 11.8 Å². The first kappa shape index (κ1) is 18.4. The van der Waals surface area contributed by atoms with Crippen molar-refractivity contribution in [2.75, 3.05) is 26.2 Å². The maximum Gasteiger partial charge on any atom is 0.416 e. The number of carbonyl (C=O) groups excluding carboxylic acids is 1. The standard InChI is InChI=1S/C19H18F3N5O/c20-19(21,22)16-3-1-15(2-4-16)18(28)26-9-7-25(8-10-26)12-14-11-23-17-5-6-24-27(17)13-14/h1-6,11,13H,7-10,12H2. The van der Waals surface area contributed by atoms with E-state index in [9.17, 15) is 18.0 Å². The molecule has 1 aliphatic rings. The van der Waals surface area contributed by atoms with Crippen molar-refractivity contribution in [1.29, 1.82) is 0 Å². The van der Waals surface area contributed by atoms with Crippen molar-refractivity contribution >= 4 is 11.6 Å². The van der Waals surface area contributed by atoms with E-state index in [4.69, 9.17) is 0 Å². The van der Waals surface area contributed by atoms with E-state index < -0.39 is 11.7 Å². The molecule has 0 radical (unpaired) electrons. The molecule has 1 saturated heterocycles. The summed E-state index contributed by atoms with van der Waals surface area (Å²) < 4.78 is 39.7. The Hall–Kier alpha value is -2.94. The highest BCUT2D eigenvalue weighted by molar-refractivity contribution is 5.94. The van der Waals surface area contributed by atoms with Gasteiger partial charge in [-0.25, -0.2) is 9.50 Å². The number of aromatic nitrogens is 3. The SMILES string of the molecule is O=C(c1ccc(C(F)(F)F)cc1)N1CCN(Cc2cnc3ccnn3c2)CC1. The Morgan fingerprint density at radius 3 is 2.43 bits per heavy atom. The van der Waals surface area contributed by atoms with Gasteiger partial charge in [-0.3, -0.25) is 9.69 Å². The van der Waals surface area contributed by atoms with Crippen LogP contribution in [0.2, 0.25) is 0 Å². The lowest BCUT2D eigenvalue weighted by Crippen LogP contribution is -2.48. The first-order chi connectivity index (χ1) is 13.4. The number of alkyl halides is 3. The summed E-state index contributed by atoms with van der Waals surface area (Å²) in [7, 11) is 0. The van der Waals surface area contributed by atoms with Gasteiger partial charge in [0.1, 0.15) is 0 Å². The normalized spacial score (nSPS) is 15.9. The van der Waals surface area contributed by atoms with Gasteiger partial charge in [0.15, 0.2) is 5.65 Å². The summed E-state index contributed by atoms with van der Waals surface area (Å²) >= 11 is 0. The number of amides is 1. The van der Waals surface area contributed by atoms with E-state index in [1.165, 1.54) is 12.1 Å². The molecule has 1 fully saturated rings. The molecule has 146 valence electrons. The van der Waals surface area contributed by atoms with Gasteiger partial charge in [0.25, 0.3) is 5.91 Å². The van der Waals surface area contributed by atoms with Crippen LogP contribution in [0.3, 0.4) is 0 Å². The van der Waals surface area contributed by atoms with Crippen LogP contribution < -0.4 is 0 Å². The number of piperazine rings is 1. The Balaban J connectivity index is 1.34. The van der Waals surface area contributed by atoms with Crippen molar-refractivity contribution in [2.24, 2.45) is 0 Å². The third kappa shape index (κ3) is 3.84. The molecule has 3 aromatic rings. The first-order valence-corrected chi connectivity index (χ1v) is 8.87. The fourth-order valence-corrected chi connectivity index (χ4v) is 3.28. The number of carbonyl (C=O) groups is 1. The van der Waals surface area contributed by atoms with E-state index in [0.29, 0.717) is 32.7 Å². The van der Waals surface area contributed by atoms with E-state index in [-0.39, 0.29) is 11.5 Å². The Morgan fingerprint density at radius 2 is 1.75 bits per heavy atom. The minimum absolute atomic E-state index is 0.243. The second-order valence-electron chi connectivity index (χ2n) is 6.74. The number of halogens is 3. The molecular formula is C19H18F3N5O. The fourth-order valence-electron chi connectivity index (χ4n) is 3.28. The van der Waals surface area contributed by atoms with Crippen LogP contribution in [-0.4, -0.2) is 56.5 Å². The minimum atomic E-state index is -4.40. The van der Waals surface area contributed by atoms with E-state index in [1.807, 2.05) is 18.5 Å². The highest BCUT2D eigenvalue weighted by Crippen LogP contribution is 2.29. The van der Waals surface area contributed by atoms with Crippen LogP contribution in [0.4, 0.5) is 13.2 Å². The molecule has 0 aliphatic carbocycles. The zero-order chi connectivity index (χ0) is 19.7. The number of fused-ring (bicyclic) bond motifs is 1. The van der Waals surface area contributed by atoms with Crippen molar-refractivity contribution in [2.45, 2.75) is 12.7 Å². The van der Waals surface area contributed by atoms with Gasteiger partial charge in [-0.15, -0.1) is 0 Å². The molecule has 1 amide bonds. The smallest absolute Gasteiger partial charge is 0.336 e. The maximum atomic E-state index is 12.7. The molecule has 4 rings (SSSR count). The summed E-state index contributed by atoms with van der Waals surface area (Å²) in [6, 6.07) is 6.20. The van der Waals surface area contributed by atoms with E-state index in [0.717, 1.165) is 23.3 Å². The van der Waals surface area contributed by atoms with Gasteiger partial charge in [0, 0.05) is 62.3 Å². The molecule has 28 heavy (non-hydrogen) atoms. The van der Waals surface area contributed by atoms with E-state index in [2.05, 4.69) is 15.0 Å². The average molecular weight is 389 g/mol. The molecule has 0 spiro atoms. The zero-order valence-electron chi connectivity index (χ0n) is 14.9. The Morgan fingerprint density at radius 1 is 1.04 bits per heavy atom. The molecule has 1 aromatic carbocycles. The van der Waals surface area contributed by atoms with Crippen molar-refractivity contribution in [1.82, 2.24) is 24.4 Å². The number of rotatable bonds is 3. The predicted molar refractivity (Wildman–Crippen MR) is 95.6 cm³/mol. The van der Waals surface area contributed by atoms with Crippen LogP contribution in [0.15, 0.2) is 48.9 Å². The quantitative estimate of drug-likeness (QED) is 0.691. The Kier molecular flexibility index (Phi) is 4.76. The minimum Gasteiger partial charge on any atom is -0.336 e. The van der Waals surface area contributed by atoms with Crippen LogP contribution in [0.5, 0.6) is 0 Å². The van der Waals surface area contributed by atoms with Gasteiger partial charge in [-0.1, -0.05) is 0 Å². The van der Waals surface area contributed by atoms with Gasteiger partial charge < -0.3 is 4.90 Å². The molecule has 9 heteroatoms. The number of hydrogen-bond acceptors (Lipinski definition) is 4. The largest absolute Gasteiger partial charge is 0.416 e. The number of hydrogen-bond donors (Lipinski definition) is 0. The number of benzene rings is 1. The van der Waals surface area contributed by atoms with Crippen molar-refractivity contribution in [3.8, 4) is 0 Å². The molecule has 0 bridgehead atoms. The molecule has 0 unspecified atom stereocenters. The predicted octanol–water partition coefficient (Wildman–Crippen LogP) is 2.71. The fraction of sp³-hybridized carbons (Fsp3) is 0.316. The van der Waals surface area contributed by atoms with Crippen LogP contribution in [0.25, 0.3) is 5.65 Å². The maximum absolute atomic E-state index is 12.7. The van der Waals surface area contributed by atoms with Crippen molar-refractivity contribution in [3.05, 3.63) is 65.6 Å².